The Kier molecular flexibility index (Phi) is 3.66. The lowest BCUT2D eigenvalue weighted by Crippen LogP contribution is -2.13. The van der Waals surface area contributed by atoms with Gasteiger partial charge in [-0.2, -0.15) is 4.37 Å². The minimum absolute atomic E-state index is 0.623. The van der Waals surface area contributed by atoms with Crippen molar-refractivity contribution in [1.82, 2.24) is 24.2 Å². The van der Waals surface area contributed by atoms with Gasteiger partial charge in [0, 0.05) is 12.0 Å². The molecule has 2 heterocycles. The minimum Gasteiger partial charge on any atom is -0.336 e. The molecule has 0 saturated carbocycles. The molecular weight excluding hydrogens is 292 g/mol. The molecule has 0 atom stereocenters. The summed E-state index contributed by atoms with van der Waals surface area (Å²) in [5.74, 6) is 7.38. The smallest absolute Gasteiger partial charge is 0.216 e. The van der Waals surface area contributed by atoms with Crippen molar-refractivity contribution in [3.8, 4) is 11.4 Å². The van der Waals surface area contributed by atoms with Gasteiger partial charge in [0.2, 0.25) is 5.16 Å². The number of benzene rings is 1. The van der Waals surface area contributed by atoms with Crippen molar-refractivity contribution in [2.45, 2.75) is 22.8 Å². The van der Waals surface area contributed by atoms with Crippen LogP contribution in [-0.2, 0) is 6.42 Å². The lowest BCUT2D eigenvalue weighted by atomic mass is 10.2. The van der Waals surface area contributed by atoms with Gasteiger partial charge in [-0.05, 0) is 23.3 Å². The molecular formula is C12H12N6S2. The van der Waals surface area contributed by atoms with Gasteiger partial charge in [0.15, 0.2) is 16.0 Å². The molecule has 0 radical (unpaired) electrons. The molecule has 20 heavy (non-hydrogen) atoms. The third-order valence-electron chi connectivity index (χ3n) is 2.67. The fourth-order valence-electron chi connectivity index (χ4n) is 1.65. The molecule has 0 amide bonds. The van der Waals surface area contributed by atoms with E-state index in [9.17, 15) is 0 Å². The van der Waals surface area contributed by atoms with Crippen molar-refractivity contribution in [3.63, 3.8) is 0 Å². The van der Waals surface area contributed by atoms with Gasteiger partial charge in [0.25, 0.3) is 0 Å². The second-order valence-electron chi connectivity index (χ2n) is 3.97. The van der Waals surface area contributed by atoms with Crippen LogP contribution in [0, 0.1) is 0 Å². The third-order valence-corrected chi connectivity index (χ3v) is 4.38. The maximum absolute atomic E-state index is 5.91. The van der Waals surface area contributed by atoms with Crippen LogP contribution in [0.4, 0.5) is 0 Å². The van der Waals surface area contributed by atoms with Crippen LogP contribution in [0.15, 0.2) is 39.8 Å². The number of rotatable bonds is 4. The van der Waals surface area contributed by atoms with E-state index in [2.05, 4.69) is 19.6 Å². The Hall–Kier alpha value is -1.93. The van der Waals surface area contributed by atoms with Crippen molar-refractivity contribution in [3.05, 3.63) is 36.2 Å². The van der Waals surface area contributed by atoms with E-state index in [0.717, 1.165) is 28.0 Å². The van der Waals surface area contributed by atoms with Crippen molar-refractivity contribution < 1.29 is 0 Å². The van der Waals surface area contributed by atoms with Crippen molar-refractivity contribution in [1.29, 1.82) is 0 Å². The van der Waals surface area contributed by atoms with E-state index in [1.807, 2.05) is 37.3 Å². The van der Waals surface area contributed by atoms with E-state index < -0.39 is 0 Å². The van der Waals surface area contributed by atoms with Crippen molar-refractivity contribution >= 4 is 23.3 Å². The summed E-state index contributed by atoms with van der Waals surface area (Å²) in [6.07, 6.45) is 0.745. The number of nitrogens with zero attached hydrogens (tertiary/aromatic N) is 5. The predicted octanol–water partition coefficient (Wildman–Crippen LogP) is 2.22. The maximum atomic E-state index is 5.91. The van der Waals surface area contributed by atoms with Gasteiger partial charge in [-0.3, -0.25) is 0 Å². The summed E-state index contributed by atoms with van der Waals surface area (Å²) in [5, 5.41) is 8.70. The van der Waals surface area contributed by atoms with E-state index in [-0.39, 0.29) is 0 Å². The first-order chi connectivity index (χ1) is 9.78. The molecule has 2 aromatic heterocycles. The fourth-order valence-corrected chi connectivity index (χ4v) is 3.15. The van der Waals surface area contributed by atoms with E-state index in [4.69, 9.17) is 5.84 Å². The Morgan fingerprint density at radius 3 is 2.75 bits per heavy atom. The number of hydrogen-bond donors (Lipinski definition) is 1. The molecule has 3 aromatic rings. The molecule has 0 aliphatic carbocycles. The third kappa shape index (κ3) is 2.52. The van der Waals surface area contributed by atoms with Crippen LogP contribution >= 0.6 is 23.3 Å². The van der Waals surface area contributed by atoms with E-state index in [1.165, 1.54) is 28.0 Å². The zero-order valence-corrected chi connectivity index (χ0v) is 12.4. The van der Waals surface area contributed by atoms with Crippen LogP contribution in [0.2, 0.25) is 0 Å². The molecule has 0 bridgehead atoms. The standard InChI is InChI=1S/C12H12N6S2/c1-2-9-15-16-11(18(9)13)19-12-14-10(17-20-12)8-6-4-3-5-7-8/h3-7H,2,13H2,1H3. The van der Waals surface area contributed by atoms with Crippen LogP contribution < -0.4 is 5.84 Å². The van der Waals surface area contributed by atoms with Crippen LogP contribution in [0.1, 0.15) is 12.7 Å². The second kappa shape index (κ2) is 5.59. The van der Waals surface area contributed by atoms with Gasteiger partial charge in [-0.1, -0.05) is 37.3 Å². The zero-order valence-electron chi connectivity index (χ0n) is 10.7. The van der Waals surface area contributed by atoms with Crippen molar-refractivity contribution in [2.75, 3.05) is 5.84 Å². The molecule has 6 nitrogen and oxygen atoms in total. The molecule has 102 valence electrons. The van der Waals surface area contributed by atoms with E-state index in [1.54, 1.807) is 0 Å². The summed E-state index contributed by atoms with van der Waals surface area (Å²) in [4.78, 5) is 4.49. The highest BCUT2D eigenvalue weighted by Gasteiger charge is 2.13. The first-order valence-electron chi connectivity index (χ1n) is 6.04. The van der Waals surface area contributed by atoms with Crippen LogP contribution in [0.3, 0.4) is 0 Å². The average molecular weight is 304 g/mol. The van der Waals surface area contributed by atoms with Gasteiger partial charge >= 0.3 is 0 Å². The highest BCUT2D eigenvalue weighted by atomic mass is 32.2. The fraction of sp³-hybridized carbons (Fsp3) is 0.167. The number of aryl methyl sites for hydroxylation is 1. The Morgan fingerprint density at radius 1 is 1.25 bits per heavy atom. The molecule has 1 aromatic carbocycles. The zero-order chi connectivity index (χ0) is 13.9. The van der Waals surface area contributed by atoms with Gasteiger partial charge in [-0.25, -0.2) is 9.66 Å². The SMILES string of the molecule is CCc1nnc(Sc2nc(-c3ccccc3)ns2)n1N. The van der Waals surface area contributed by atoms with E-state index >= 15 is 0 Å². The van der Waals surface area contributed by atoms with Gasteiger partial charge in [0.1, 0.15) is 0 Å². The molecule has 0 unspecified atom stereocenters. The normalized spacial score (nSPS) is 10.8. The quantitative estimate of drug-likeness (QED) is 0.744. The molecule has 2 N–H and O–H groups in total. The van der Waals surface area contributed by atoms with Gasteiger partial charge < -0.3 is 5.84 Å². The summed E-state index contributed by atoms with van der Waals surface area (Å²) in [6.45, 7) is 1.99. The number of aromatic nitrogens is 5. The highest BCUT2D eigenvalue weighted by Crippen LogP contribution is 2.29. The lowest BCUT2D eigenvalue weighted by molar-refractivity contribution is 0.796. The monoisotopic (exact) mass is 304 g/mol. The predicted molar refractivity (Wildman–Crippen MR) is 79.0 cm³/mol. The summed E-state index contributed by atoms with van der Waals surface area (Å²) >= 11 is 2.71. The van der Waals surface area contributed by atoms with Gasteiger partial charge in [0.05, 0.1) is 0 Å². The van der Waals surface area contributed by atoms with Crippen LogP contribution in [-0.4, -0.2) is 24.2 Å². The number of nitrogen functional groups attached to an aromatic ring is 1. The number of hydrogen-bond acceptors (Lipinski definition) is 7. The molecule has 0 aliphatic heterocycles. The number of nitrogens with two attached hydrogens (primary N) is 1. The second-order valence-corrected chi connectivity index (χ2v) is 5.94. The van der Waals surface area contributed by atoms with Crippen molar-refractivity contribution in [2.24, 2.45) is 0 Å². The maximum Gasteiger partial charge on any atom is 0.216 e. The Morgan fingerprint density at radius 2 is 2.05 bits per heavy atom. The molecule has 0 fully saturated rings. The first-order valence-corrected chi connectivity index (χ1v) is 7.63. The Labute approximate surface area is 124 Å². The molecule has 8 heteroatoms. The molecule has 3 rings (SSSR count). The summed E-state index contributed by atoms with van der Waals surface area (Å²) in [7, 11) is 0. The summed E-state index contributed by atoms with van der Waals surface area (Å²) in [6, 6.07) is 9.86. The topological polar surface area (TPSA) is 82.5 Å². The summed E-state index contributed by atoms with van der Waals surface area (Å²) in [5.41, 5.74) is 0.999. The first kappa shape index (κ1) is 13.1. The Balaban J connectivity index is 1.82. The average Bonchev–Trinajstić information content (AvgIpc) is 3.08. The molecule has 0 spiro atoms. The van der Waals surface area contributed by atoms with E-state index in [0.29, 0.717) is 5.16 Å². The largest absolute Gasteiger partial charge is 0.336 e. The minimum atomic E-state index is 0.623. The summed E-state index contributed by atoms with van der Waals surface area (Å²) < 4.78 is 6.64. The molecule has 0 saturated heterocycles. The Bertz CT molecular complexity index is 706. The van der Waals surface area contributed by atoms with Crippen LogP contribution in [0.5, 0.6) is 0 Å². The highest BCUT2D eigenvalue weighted by molar-refractivity contribution is 8.00. The van der Waals surface area contributed by atoms with Crippen LogP contribution in [0.25, 0.3) is 11.4 Å². The lowest BCUT2D eigenvalue weighted by Gasteiger charge is -1.98. The molecule has 0 aliphatic rings. The van der Waals surface area contributed by atoms with Gasteiger partial charge in [-0.15, -0.1) is 10.2 Å².